The monoisotopic (exact) mass is 362 g/mol. The van der Waals surface area contributed by atoms with E-state index in [0.717, 1.165) is 46.3 Å². The number of ether oxygens (including phenoxy) is 1. The second-order valence-corrected chi connectivity index (χ2v) is 6.14. The molecule has 0 amide bonds. The highest BCUT2D eigenvalue weighted by Gasteiger charge is 2.24. The van der Waals surface area contributed by atoms with E-state index in [1.807, 2.05) is 12.1 Å². The fourth-order valence-electron chi connectivity index (χ4n) is 2.21. The van der Waals surface area contributed by atoms with Gasteiger partial charge in [-0.05, 0) is 52.4 Å². The van der Waals surface area contributed by atoms with E-state index in [1.165, 1.54) is 0 Å². The average molecular weight is 364 g/mol. The molecule has 0 spiro atoms. The lowest BCUT2D eigenvalue weighted by Gasteiger charge is -2.29. The summed E-state index contributed by atoms with van der Waals surface area (Å²) in [6, 6.07) is 3.93. The minimum atomic E-state index is -0.0206. The molecule has 0 saturated carbocycles. The number of halogens is 2. The molecule has 1 fully saturated rings. The van der Waals surface area contributed by atoms with Crippen molar-refractivity contribution in [2.24, 2.45) is 11.7 Å². The summed E-state index contributed by atoms with van der Waals surface area (Å²) in [5, 5.41) is 0. The Morgan fingerprint density at radius 2 is 1.88 bits per heavy atom. The summed E-state index contributed by atoms with van der Waals surface area (Å²) < 4.78 is 7.25. The molecule has 1 aromatic rings. The molecule has 94 valence electrons. The lowest BCUT2D eigenvalue weighted by atomic mass is 9.87. The maximum absolute atomic E-state index is 6.33. The number of hydrogen-bond donors (Lipinski definition) is 2. The summed E-state index contributed by atoms with van der Waals surface area (Å²) in [6.45, 7) is 1.60. The van der Waals surface area contributed by atoms with Crippen LogP contribution in [0.1, 0.15) is 24.4 Å². The topological polar surface area (TPSA) is 61.3 Å². The van der Waals surface area contributed by atoms with Gasteiger partial charge in [-0.1, -0.05) is 15.9 Å². The van der Waals surface area contributed by atoms with Crippen molar-refractivity contribution in [3.05, 3.63) is 26.6 Å². The molecule has 1 atom stereocenters. The van der Waals surface area contributed by atoms with E-state index >= 15 is 0 Å². The van der Waals surface area contributed by atoms with Gasteiger partial charge in [-0.15, -0.1) is 0 Å². The van der Waals surface area contributed by atoms with Crippen LogP contribution in [0.15, 0.2) is 21.1 Å². The summed E-state index contributed by atoms with van der Waals surface area (Å²) in [4.78, 5) is 0. The highest BCUT2D eigenvalue weighted by atomic mass is 79.9. The third-order valence-electron chi connectivity index (χ3n) is 3.26. The third-order valence-corrected chi connectivity index (χ3v) is 4.37. The SMILES string of the molecule is Nc1c(Br)cc(Br)cc1[C@@H](N)C1CCOCC1. The molecular formula is C12H16Br2N2O. The normalized spacial score (nSPS) is 19.2. The fourth-order valence-corrected chi connectivity index (χ4v) is 3.47. The summed E-state index contributed by atoms with van der Waals surface area (Å²) in [5.74, 6) is 0.451. The van der Waals surface area contributed by atoms with E-state index in [-0.39, 0.29) is 6.04 Å². The number of nitrogens with two attached hydrogens (primary N) is 2. The minimum absolute atomic E-state index is 0.0206. The van der Waals surface area contributed by atoms with E-state index in [4.69, 9.17) is 16.2 Å². The molecule has 0 aliphatic carbocycles. The van der Waals surface area contributed by atoms with E-state index < -0.39 is 0 Å². The van der Waals surface area contributed by atoms with Crippen LogP contribution in [0.25, 0.3) is 0 Å². The van der Waals surface area contributed by atoms with Gasteiger partial charge in [-0.3, -0.25) is 0 Å². The summed E-state index contributed by atoms with van der Waals surface area (Å²) >= 11 is 6.93. The second kappa shape index (κ2) is 5.69. The van der Waals surface area contributed by atoms with E-state index in [9.17, 15) is 0 Å². The highest BCUT2D eigenvalue weighted by molar-refractivity contribution is 9.11. The van der Waals surface area contributed by atoms with Crippen LogP contribution in [-0.2, 0) is 4.74 Å². The molecule has 0 aromatic heterocycles. The first-order valence-electron chi connectivity index (χ1n) is 5.67. The van der Waals surface area contributed by atoms with Gasteiger partial charge in [0.15, 0.2) is 0 Å². The quantitative estimate of drug-likeness (QED) is 0.793. The lowest BCUT2D eigenvalue weighted by Crippen LogP contribution is -2.28. The standard InChI is InChI=1S/C12H16Br2N2O/c13-8-5-9(12(16)10(14)6-8)11(15)7-1-3-17-4-2-7/h5-7,11H,1-4,15-16H2/t11-/m0/s1. The summed E-state index contributed by atoms with van der Waals surface area (Å²) in [6.07, 6.45) is 2.01. The molecule has 0 unspecified atom stereocenters. The van der Waals surface area contributed by atoms with Gasteiger partial charge in [0.1, 0.15) is 0 Å². The van der Waals surface area contributed by atoms with Crippen molar-refractivity contribution in [3.8, 4) is 0 Å². The van der Waals surface area contributed by atoms with Crippen molar-refractivity contribution in [1.29, 1.82) is 0 Å². The molecule has 1 aliphatic heterocycles. The van der Waals surface area contributed by atoms with Crippen molar-refractivity contribution in [2.75, 3.05) is 18.9 Å². The van der Waals surface area contributed by atoms with Gasteiger partial charge in [-0.2, -0.15) is 0 Å². The van der Waals surface area contributed by atoms with Crippen molar-refractivity contribution in [1.82, 2.24) is 0 Å². The van der Waals surface area contributed by atoms with Crippen molar-refractivity contribution in [3.63, 3.8) is 0 Å². The van der Waals surface area contributed by atoms with Gasteiger partial charge in [-0.25, -0.2) is 0 Å². The summed E-state index contributed by atoms with van der Waals surface area (Å²) in [5.41, 5.74) is 14.2. The van der Waals surface area contributed by atoms with Gasteiger partial charge < -0.3 is 16.2 Å². The first-order chi connectivity index (χ1) is 8.09. The Morgan fingerprint density at radius 1 is 1.24 bits per heavy atom. The van der Waals surface area contributed by atoms with Crippen LogP contribution in [0, 0.1) is 5.92 Å². The van der Waals surface area contributed by atoms with Crippen LogP contribution in [0.3, 0.4) is 0 Å². The van der Waals surface area contributed by atoms with Crippen LogP contribution in [-0.4, -0.2) is 13.2 Å². The Bertz CT molecular complexity index is 406. The zero-order valence-corrected chi connectivity index (χ0v) is 12.6. The van der Waals surface area contributed by atoms with Gasteiger partial charge in [0.05, 0.1) is 5.69 Å². The molecule has 1 saturated heterocycles. The lowest BCUT2D eigenvalue weighted by molar-refractivity contribution is 0.0584. The predicted octanol–water partition coefficient (Wildman–Crippen LogP) is 3.22. The average Bonchev–Trinajstić information content (AvgIpc) is 2.34. The minimum Gasteiger partial charge on any atom is -0.398 e. The van der Waals surface area contributed by atoms with Gasteiger partial charge in [0.2, 0.25) is 0 Å². The van der Waals surface area contributed by atoms with E-state index in [1.54, 1.807) is 0 Å². The largest absolute Gasteiger partial charge is 0.398 e. The van der Waals surface area contributed by atoms with Gasteiger partial charge >= 0.3 is 0 Å². The molecule has 3 nitrogen and oxygen atoms in total. The number of anilines is 1. The van der Waals surface area contributed by atoms with Gasteiger partial charge in [0, 0.05) is 28.2 Å². The highest BCUT2D eigenvalue weighted by Crippen LogP contribution is 2.36. The smallest absolute Gasteiger partial charge is 0.0507 e. The van der Waals surface area contributed by atoms with Crippen LogP contribution >= 0.6 is 31.9 Å². The molecule has 0 radical (unpaired) electrons. The zero-order valence-electron chi connectivity index (χ0n) is 9.46. The predicted molar refractivity (Wildman–Crippen MR) is 76.7 cm³/mol. The maximum Gasteiger partial charge on any atom is 0.0507 e. The second-order valence-electron chi connectivity index (χ2n) is 4.37. The molecule has 1 aromatic carbocycles. The molecule has 1 aliphatic rings. The first-order valence-corrected chi connectivity index (χ1v) is 7.26. The van der Waals surface area contributed by atoms with Gasteiger partial charge in [0.25, 0.3) is 0 Å². The number of nitrogen functional groups attached to an aromatic ring is 1. The Kier molecular flexibility index (Phi) is 4.47. The zero-order chi connectivity index (χ0) is 12.4. The number of hydrogen-bond acceptors (Lipinski definition) is 3. The Morgan fingerprint density at radius 3 is 2.53 bits per heavy atom. The molecular weight excluding hydrogens is 348 g/mol. The summed E-state index contributed by atoms with van der Waals surface area (Å²) in [7, 11) is 0. The Balaban J connectivity index is 2.26. The van der Waals surface area contributed by atoms with Crippen LogP contribution in [0.2, 0.25) is 0 Å². The third kappa shape index (κ3) is 3.02. The Labute approximate surface area is 118 Å². The van der Waals surface area contributed by atoms with E-state index in [0.29, 0.717) is 5.92 Å². The first kappa shape index (κ1) is 13.3. The van der Waals surface area contributed by atoms with Crippen LogP contribution in [0.5, 0.6) is 0 Å². The molecule has 5 heteroatoms. The van der Waals surface area contributed by atoms with Crippen molar-refractivity contribution in [2.45, 2.75) is 18.9 Å². The fraction of sp³-hybridized carbons (Fsp3) is 0.500. The maximum atomic E-state index is 6.33. The van der Waals surface area contributed by atoms with E-state index in [2.05, 4.69) is 31.9 Å². The van der Waals surface area contributed by atoms with Crippen molar-refractivity contribution < 1.29 is 4.74 Å². The van der Waals surface area contributed by atoms with Crippen LogP contribution < -0.4 is 11.5 Å². The number of rotatable bonds is 2. The molecule has 4 N–H and O–H groups in total. The van der Waals surface area contributed by atoms with Crippen LogP contribution in [0.4, 0.5) is 5.69 Å². The molecule has 1 heterocycles. The molecule has 17 heavy (non-hydrogen) atoms. The molecule has 0 bridgehead atoms. The Hall–Kier alpha value is -0.100. The number of benzene rings is 1. The molecule has 2 rings (SSSR count). The van der Waals surface area contributed by atoms with Crippen molar-refractivity contribution >= 4 is 37.5 Å².